The fourth-order valence-electron chi connectivity index (χ4n) is 8.59. The lowest BCUT2D eigenvalue weighted by atomic mass is 9.85. The van der Waals surface area contributed by atoms with Crippen molar-refractivity contribution in [3.8, 4) is 39.1 Å². The Balaban J connectivity index is 1.19. The summed E-state index contributed by atoms with van der Waals surface area (Å²) in [6.07, 6.45) is 0. The van der Waals surface area contributed by atoms with Crippen molar-refractivity contribution in [1.29, 1.82) is 0 Å². The van der Waals surface area contributed by atoms with Gasteiger partial charge < -0.3 is 8.98 Å². The van der Waals surface area contributed by atoms with Crippen molar-refractivity contribution >= 4 is 65.3 Å². The fraction of sp³-hybridized carbons (Fsp3) is 0. The minimum absolute atomic E-state index is 0.913. The quantitative estimate of drug-likeness (QED) is 0.172. The third kappa shape index (κ3) is 4.19. The van der Waals surface area contributed by atoms with Crippen LogP contribution in [0.3, 0.4) is 0 Å². The first-order valence-electron chi connectivity index (χ1n) is 17.9. The van der Waals surface area contributed by atoms with Crippen LogP contribution in [-0.2, 0) is 0 Å². The molecule has 0 spiro atoms. The molecule has 0 radical (unpaired) electrons. The average Bonchev–Trinajstić information content (AvgIpc) is 3.76. The Bertz CT molecular complexity index is 3120. The van der Waals surface area contributed by atoms with E-state index in [9.17, 15) is 0 Å². The van der Waals surface area contributed by atoms with Crippen molar-refractivity contribution < 1.29 is 4.42 Å². The van der Waals surface area contributed by atoms with E-state index in [0.717, 1.165) is 38.8 Å². The van der Waals surface area contributed by atoms with Gasteiger partial charge in [0.25, 0.3) is 0 Å². The summed E-state index contributed by atoms with van der Waals surface area (Å²) in [5, 5.41) is 9.72. The molecule has 0 saturated carbocycles. The fourth-order valence-corrected chi connectivity index (χ4v) is 8.59. The SMILES string of the molecule is c1ccc(-c2c3ccccc3c(-c3ccccc3-n3c4ccccc4c4cc(-c5cccc6c5oc5ccccc56)ccc43)c3ccccc23)cc1. The first-order chi connectivity index (χ1) is 25.8. The molecular weight excluding hydrogens is 631 g/mol. The molecule has 9 aromatic carbocycles. The van der Waals surface area contributed by atoms with Gasteiger partial charge in [0.1, 0.15) is 11.2 Å². The van der Waals surface area contributed by atoms with E-state index >= 15 is 0 Å². The van der Waals surface area contributed by atoms with Crippen molar-refractivity contribution in [1.82, 2.24) is 4.57 Å². The van der Waals surface area contributed by atoms with Crippen LogP contribution in [0.4, 0.5) is 0 Å². The van der Waals surface area contributed by atoms with Crippen molar-refractivity contribution in [3.63, 3.8) is 0 Å². The number of para-hydroxylation sites is 4. The molecule has 0 bridgehead atoms. The molecule has 0 unspecified atom stereocenters. The maximum Gasteiger partial charge on any atom is 0.143 e. The minimum Gasteiger partial charge on any atom is -0.455 e. The standard InChI is InChI=1S/C50H31NO/c1-2-15-32(16-3-1)48-37-19-4-6-21-39(37)49(40-22-7-5-20-38(40)48)42-23-9-12-27-45(42)51-44-26-11-8-17-35(44)43-31-33(29-30-46(43)51)34-24-14-25-41-36-18-10-13-28-47(36)52-50(34)41/h1-31H. The first kappa shape index (κ1) is 28.9. The Hall–Kier alpha value is -6.90. The molecule has 52 heavy (non-hydrogen) atoms. The molecule has 0 aliphatic heterocycles. The van der Waals surface area contributed by atoms with Gasteiger partial charge in [0, 0.05) is 32.7 Å². The number of hydrogen-bond acceptors (Lipinski definition) is 1. The Labute approximate surface area is 300 Å². The lowest BCUT2D eigenvalue weighted by Gasteiger charge is -2.20. The average molecular weight is 662 g/mol. The van der Waals surface area contributed by atoms with Gasteiger partial charge in [-0.05, 0) is 74.1 Å². The molecule has 11 aromatic rings. The van der Waals surface area contributed by atoms with E-state index in [1.54, 1.807) is 0 Å². The summed E-state index contributed by atoms with van der Waals surface area (Å²) in [5.74, 6) is 0. The van der Waals surface area contributed by atoms with E-state index < -0.39 is 0 Å². The van der Waals surface area contributed by atoms with Crippen LogP contribution in [0.25, 0.3) is 104 Å². The molecule has 242 valence electrons. The molecule has 0 aliphatic rings. The highest BCUT2D eigenvalue weighted by Gasteiger charge is 2.21. The number of furan rings is 1. The number of benzene rings is 9. The molecule has 0 atom stereocenters. The van der Waals surface area contributed by atoms with Crippen molar-refractivity contribution in [2.24, 2.45) is 0 Å². The number of nitrogens with zero attached hydrogens (tertiary/aromatic N) is 1. The van der Waals surface area contributed by atoms with Gasteiger partial charge >= 0.3 is 0 Å². The zero-order valence-corrected chi connectivity index (χ0v) is 28.3. The molecule has 0 fully saturated rings. The predicted octanol–water partition coefficient (Wildman–Crippen LogP) is 14.0. The molecule has 0 N–H and O–H groups in total. The minimum atomic E-state index is 0.913. The van der Waals surface area contributed by atoms with E-state index in [1.807, 2.05) is 6.07 Å². The second-order valence-corrected chi connectivity index (χ2v) is 13.6. The van der Waals surface area contributed by atoms with Gasteiger partial charge in [-0.15, -0.1) is 0 Å². The van der Waals surface area contributed by atoms with Gasteiger partial charge in [-0.2, -0.15) is 0 Å². The summed E-state index contributed by atoms with van der Waals surface area (Å²) in [4.78, 5) is 0. The summed E-state index contributed by atoms with van der Waals surface area (Å²) < 4.78 is 8.94. The van der Waals surface area contributed by atoms with E-state index in [2.05, 4.69) is 187 Å². The van der Waals surface area contributed by atoms with Crippen LogP contribution in [0.5, 0.6) is 0 Å². The van der Waals surface area contributed by atoms with Gasteiger partial charge in [0.05, 0.1) is 16.7 Å². The molecule has 11 rings (SSSR count). The largest absolute Gasteiger partial charge is 0.455 e. The van der Waals surface area contributed by atoms with Crippen molar-refractivity contribution in [3.05, 3.63) is 188 Å². The smallest absolute Gasteiger partial charge is 0.143 e. The third-order valence-electron chi connectivity index (χ3n) is 10.8. The summed E-state index contributed by atoms with van der Waals surface area (Å²) in [6.45, 7) is 0. The monoisotopic (exact) mass is 661 g/mol. The second-order valence-electron chi connectivity index (χ2n) is 13.6. The molecule has 0 amide bonds. The van der Waals surface area contributed by atoms with E-state index in [4.69, 9.17) is 4.42 Å². The van der Waals surface area contributed by atoms with E-state index in [1.165, 1.54) is 65.6 Å². The maximum absolute atomic E-state index is 6.48. The van der Waals surface area contributed by atoms with Crippen LogP contribution in [0.15, 0.2) is 192 Å². The van der Waals surface area contributed by atoms with E-state index in [0.29, 0.717) is 0 Å². The zero-order chi connectivity index (χ0) is 34.2. The molecule has 2 nitrogen and oxygen atoms in total. The maximum atomic E-state index is 6.48. The molecule has 2 aromatic heterocycles. The highest BCUT2D eigenvalue weighted by Crippen LogP contribution is 2.46. The number of rotatable bonds is 4. The van der Waals surface area contributed by atoms with Crippen molar-refractivity contribution in [2.45, 2.75) is 0 Å². The molecule has 0 aliphatic carbocycles. The predicted molar refractivity (Wildman–Crippen MR) is 219 cm³/mol. The normalized spacial score (nSPS) is 11.8. The zero-order valence-electron chi connectivity index (χ0n) is 28.3. The summed E-state index contributed by atoms with van der Waals surface area (Å²) in [7, 11) is 0. The summed E-state index contributed by atoms with van der Waals surface area (Å²) in [5.41, 5.74) is 12.5. The number of aromatic nitrogens is 1. The van der Waals surface area contributed by atoms with Crippen LogP contribution in [0, 0.1) is 0 Å². The lowest BCUT2D eigenvalue weighted by Crippen LogP contribution is -1.98. The summed E-state index contributed by atoms with van der Waals surface area (Å²) in [6, 6.07) is 68.0. The van der Waals surface area contributed by atoms with Crippen LogP contribution < -0.4 is 0 Å². The number of fused-ring (bicyclic) bond motifs is 8. The van der Waals surface area contributed by atoms with Gasteiger partial charge in [-0.1, -0.05) is 158 Å². The third-order valence-corrected chi connectivity index (χ3v) is 10.8. The first-order valence-corrected chi connectivity index (χ1v) is 17.9. The highest BCUT2D eigenvalue weighted by atomic mass is 16.3. The van der Waals surface area contributed by atoms with Crippen LogP contribution >= 0.6 is 0 Å². The van der Waals surface area contributed by atoms with Gasteiger partial charge in [0.15, 0.2) is 0 Å². The Morgan fingerprint density at radius 3 is 1.65 bits per heavy atom. The Morgan fingerprint density at radius 2 is 0.885 bits per heavy atom. The Morgan fingerprint density at radius 1 is 0.327 bits per heavy atom. The molecule has 2 heterocycles. The van der Waals surface area contributed by atoms with Crippen molar-refractivity contribution in [2.75, 3.05) is 0 Å². The highest BCUT2D eigenvalue weighted by molar-refractivity contribution is 6.22. The molecular formula is C50H31NO. The topological polar surface area (TPSA) is 18.1 Å². The van der Waals surface area contributed by atoms with E-state index in [-0.39, 0.29) is 0 Å². The Kier molecular flexibility index (Phi) is 6.28. The van der Waals surface area contributed by atoms with Gasteiger partial charge in [0.2, 0.25) is 0 Å². The summed E-state index contributed by atoms with van der Waals surface area (Å²) >= 11 is 0. The van der Waals surface area contributed by atoms with Gasteiger partial charge in [-0.25, -0.2) is 0 Å². The van der Waals surface area contributed by atoms with Crippen LogP contribution in [0.1, 0.15) is 0 Å². The van der Waals surface area contributed by atoms with Gasteiger partial charge in [-0.3, -0.25) is 0 Å². The van der Waals surface area contributed by atoms with Crippen LogP contribution in [0.2, 0.25) is 0 Å². The number of hydrogen-bond donors (Lipinski definition) is 0. The molecule has 2 heteroatoms. The molecule has 0 saturated heterocycles. The lowest BCUT2D eigenvalue weighted by molar-refractivity contribution is 0.670. The van der Waals surface area contributed by atoms with Crippen LogP contribution in [-0.4, -0.2) is 4.57 Å². The second kappa shape index (κ2) is 11.3.